The second kappa shape index (κ2) is 5.29. The lowest BCUT2D eigenvalue weighted by molar-refractivity contribution is 0.0697. The van der Waals surface area contributed by atoms with Gasteiger partial charge in [0.05, 0.1) is 20.8 Å². The summed E-state index contributed by atoms with van der Waals surface area (Å²) in [7, 11) is 0. The molecule has 1 aromatic heterocycles. The summed E-state index contributed by atoms with van der Waals surface area (Å²) >= 11 is 1.64. The average Bonchev–Trinajstić information content (AvgIpc) is 3.04. The van der Waals surface area contributed by atoms with E-state index < -0.39 is 5.97 Å². The van der Waals surface area contributed by atoms with Crippen molar-refractivity contribution >= 4 is 27.5 Å². The molecule has 0 atom stereocenters. The molecule has 1 aliphatic rings. The lowest BCUT2D eigenvalue weighted by Gasteiger charge is -2.05. The van der Waals surface area contributed by atoms with E-state index in [1.807, 2.05) is 6.07 Å². The molecule has 1 saturated carbocycles. The highest BCUT2D eigenvalue weighted by Gasteiger charge is 2.16. The number of hydrogen-bond donors (Lipinski definition) is 1. The summed E-state index contributed by atoms with van der Waals surface area (Å²) in [6.45, 7) is 0. The second-order valence-electron chi connectivity index (χ2n) is 5.28. The first-order valence-electron chi connectivity index (χ1n) is 6.85. The van der Waals surface area contributed by atoms with Crippen LogP contribution in [0.3, 0.4) is 0 Å². The quantitative estimate of drug-likeness (QED) is 0.913. The zero-order chi connectivity index (χ0) is 13.2. The van der Waals surface area contributed by atoms with Gasteiger partial charge in [-0.15, -0.1) is 11.3 Å². The fourth-order valence-corrected chi connectivity index (χ4v) is 3.86. The molecule has 0 radical (unpaired) electrons. The number of carbonyl (C=O) groups is 1. The maximum Gasteiger partial charge on any atom is 0.335 e. The van der Waals surface area contributed by atoms with Gasteiger partial charge in [-0.2, -0.15) is 0 Å². The number of fused-ring (bicyclic) bond motifs is 1. The highest BCUT2D eigenvalue weighted by Crippen LogP contribution is 2.30. The number of nitrogens with zero attached hydrogens (tertiary/aromatic N) is 1. The molecule has 3 nitrogen and oxygen atoms in total. The largest absolute Gasteiger partial charge is 0.478 e. The molecular formula is C15H17NO2S. The lowest BCUT2D eigenvalue weighted by atomic mass is 10.0. The first-order chi connectivity index (χ1) is 9.22. The van der Waals surface area contributed by atoms with Crippen LogP contribution in [0.25, 0.3) is 10.2 Å². The normalized spacial score (nSPS) is 16.2. The number of aromatic nitrogens is 1. The van der Waals surface area contributed by atoms with Crippen LogP contribution < -0.4 is 0 Å². The zero-order valence-corrected chi connectivity index (χ0v) is 11.6. The number of aromatic carboxylic acids is 1. The van der Waals surface area contributed by atoms with Gasteiger partial charge in [-0.1, -0.05) is 25.7 Å². The van der Waals surface area contributed by atoms with Crippen molar-refractivity contribution in [3.8, 4) is 0 Å². The molecule has 1 N–H and O–H groups in total. The minimum Gasteiger partial charge on any atom is -0.478 e. The molecule has 4 heteroatoms. The monoisotopic (exact) mass is 275 g/mol. The Morgan fingerprint density at radius 3 is 2.89 bits per heavy atom. The number of carboxylic acids is 1. The van der Waals surface area contributed by atoms with Gasteiger partial charge in [0, 0.05) is 0 Å². The minimum absolute atomic E-state index is 0.346. The Labute approximate surface area is 116 Å². The molecule has 1 aromatic carbocycles. The van der Waals surface area contributed by atoms with Gasteiger partial charge < -0.3 is 5.11 Å². The van der Waals surface area contributed by atoms with Gasteiger partial charge >= 0.3 is 5.97 Å². The summed E-state index contributed by atoms with van der Waals surface area (Å²) in [4.78, 5) is 15.5. The zero-order valence-electron chi connectivity index (χ0n) is 10.8. The van der Waals surface area contributed by atoms with Crippen molar-refractivity contribution in [3.05, 3.63) is 28.8 Å². The molecule has 0 bridgehead atoms. The van der Waals surface area contributed by atoms with Gasteiger partial charge in [-0.05, 0) is 37.0 Å². The van der Waals surface area contributed by atoms with Crippen LogP contribution in [-0.2, 0) is 6.42 Å². The van der Waals surface area contributed by atoms with Crippen molar-refractivity contribution in [1.29, 1.82) is 0 Å². The number of carboxylic acid groups (broad SMARTS) is 1. The third-order valence-corrected chi connectivity index (χ3v) is 5.00. The summed E-state index contributed by atoms with van der Waals surface area (Å²) in [5, 5.41) is 10.1. The van der Waals surface area contributed by atoms with E-state index in [4.69, 9.17) is 5.11 Å². The van der Waals surface area contributed by atoms with Gasteiger partial charge in [0.2, 0.25) is 0 Å². The van der Waals surface area contributed by atoms with E-state index in [9.17, 15) is 4.79 Å². The second-order valence-corrected chi connectivity index (χ2v) is 6.40. The van der Waals surface area contributed by atoms with E-state index in [0.717, 1.165) is 27.6 Å². The minimum atomic E-state index is -0.872. The summed E-state index contributed by atoms with van der Waals surface area (Å²) in [6, 6.07) is 5.17. The molecule has 1 fully saturated rings. The standard InChI is InChI=1S/C15H17NO2S/c17-15(18)11-6-7-12-13(9-11)19-14(16-12)8-5-10-3-1-2-4-10/h6-7,9-10H,1-5,8H2,(H,17,18). The molecule has 0 spiro atoms. The number of aryl methyl sites for hydroxylation is 1. The van der Waals surface area contributed by atoms with Gasteiger partial charge in [-0.25, -0.2) is 9.78 Å². The number of hydrogen-bond acceptors (Lipinski definition) is 3. The highest BCUT2D eigenvalue weighted by atomic mass is 32.1. The van der Waals surface area contributed by atoms with Gasteiger partial charge in [-0.3, -0.25) is 0 Å². The van der Waals surface area contributed by atoms with E-state index in [2.05, 4.69) is 4.98 Å². The number of rotatable bonds is 4. The van der Waals surface area contributed by atoms with E-state index >= 15 is 0 Å². The molecule has 0 unspecified atom stereocenters. The molecule has 19 heavy (non-hydrogen) atoms. The predicted molar refractivity (Wildman–Crippen MR) is 76.9 cm³/mol. The van der Waals surface area contributed by atoms with Crippen molar-refractivity contribution in [3.63, 3.8) is 0 Å². The van der Waals surface area contributed by atoms with Gasteiger partial charge in [0.25, 0.3) is 0 Å². The highest BCUT2D eigenvalue weighted by molar-refractivity contribution is 7.18. The third-order valence-electron chi connectivity index (χ3n) is 3.92. The number of thiazole rings is 1. The maximum atomic E-state index is 10.9. The molecule has 1 heterocycles. The Morgan fingerprint density at radius 2 is 2.16 bits per heavy atom. The lowest BCUT2D eigenvalue weighted by Crippen LogP contribution is -1.95. The van der Waals surface area contributed by atoms with Gasteiger partial charge in [0.1, 0.15) is 0 Å². The third kappa shape index (κ3) is 2.78. The fourth-order valence-electron chi connectivity index (χ4n) is 2.84. The first-order valence-corrected chi connectivity index (χ1v) is 7.67. The van der Waals surface area contributed by atoms with E-state index in [-0.39, 0.29) is 0 Å². The van der Waals surface area contributed by atoms with Crippen LogP contribution in [0.5, 0.6) is 0 Å². The molecule has 0 amide bonds. The Hall–Kier alpha value is -1.42. The van der Waals surface area contributed by atoms with Gasteiger partial charge in [0.15, 0.2) is 0 Å². The van der Waals surface area contributed by atoms with Crippen LogP contribution >= 0.6 is 11.3 Å². The van der Waals surface area contributed by atoms with Crippen LogP contribution in [0, 0.1) is 5.92 Å². The molecule has 2 aromatic rings. The molecule has 100 valence electrons. The molecule has 1 aliphatic carbocycles. The molecule has 0 saturated heterocycles. The van der Waals surface area contributed by atoms with E-state index in [1.165, 1.54) is 32.1 Å². The fraction of sp³-hybridized carbons (Fsp3) is 0.467. The van der Waals surface area contributed by atoms with Crippen molar-refractivity contribution in [2.24, 2.45) is 5.92 Å². The van der Waals surface area contributed by atoms with Crippen LogP contribution in [0.1, 0.15) is 47.5 Å². The van der Waals surface area contributed by atoms with Crippen LogP contribution in [0.4, 0.5) is 0 Å². The molecule has 0 aliphatic heterocycles. The van der Waals surface area contributed by atoms with E-state index in [0.29, 0.717) is 5.56 Å². The summed E-state index contributed by atoms with van der Waals surface area (Å²) < 4.78 is 0.987. The Balaban J connectivity index is 1.75. The summed E-state index contributed by atoms with van der Waals surface area (Å²) in [5.74, 6) is 0.00407. The van der Waals surface area contributed by atoms with E-state index in [1.54, 1.807) is 23.5 Å². The summed E-state index contributed by atoms with van der Waals surface area (Å²) in [6.07, 6.45) is 7.76. The predicted octanol–water partition coefficient (Wildman–Crippen LogP) is 4.12. The molecule has 3 rings (SSSR count). The average molecular weight is 275 g/mol. The van der Waals surface area contributed by atoms with Crippen molar-refractivity contribution < 1.29 is 9.90 Å². The Bertz CT molecular complexity index is 599. The SMILES string of the molecule is O=C(O)c1ccc2nc(CCC3CCCC3)sc2c1. The first kappa shape index (κ1) is 12.6. The molecular weight excluding hydrogens is 258 g/mol. The smallest absolute Gasteiger partial charge is 0.335 e. The maximum absolute atomic E-state index is 10.9. The Morgan fingerprint density at radius 1 is 1.37 bits per heavy atom. The van der Waals surface area contributed by atoms with Crippen LogP contribution in [0.15, 0.2) is 18.2 Å². The summed E-state index contributed by atoms with van der Waals surface area (Å²) in [5.41, 5.74) is 1.27. The topological polar surface area (TPSA) is 50.2 Å². The Kier molecular flexibility index (Phi) is 3.51. The van der Waals surface area contributed by atoms with Crippen LogP contribution in [0.2, 0.25) is 0 Å². The van der Waals surface area contributed by atoms with Crippen LogP contribution in [-0.4, -0.2) is 16.1 Å². The van der Waals surface area contributed by atoms with Crippen molar-refractivity contribution in [1.82, 2.24) is 4.98 Å². The van der Waals surface area contributed by atoms with Crippen molar-refractivity contribution in [2.75, 3.05) is 0 Å². The number of benzene rings is 1. The van der Waals surface area contributed by atoms with Crippen molar-refractivity contribution in [2.45, 2.75) is 38.5 Å².